The number of benzene rings is 2. The molecule has 2 aromatic rings. The van der Waals surface area contributed by atoms with Crippen LogP contribution >= 0.6 is 0 Å². The minimum Gasteiger partial charge on any atom is -0.461 e. The molecule has 0 bridgehead atoms. The number of rotatable bonds is 6. The molecule has 110 valence electrons. The van der Waals surface area contributed by atoms with Crippen LogP contribution in [0.5, 0.6) is 0 Å². The van der Waals surface area contributed by atoms with Gasteiger partial charge < -0.3 is 10.5 Å². The highest BCUT2D eigenvalue weighted by atomic mass is 16.5. The molecule has 3 heteroatoms. The number of hydrogen-bond acceptors (Lipinski definition) is 3. The van der Waals surface area contributed by atoms with Crippen molar-refractivity contribution >= 4 is 5.97 Å². The fourth-order valence-electron chi connectivity index (χ4n) is 2.12. The number of hydrogen-bond donors (Lipinski definition) is 1. The lowest BCUT2D eigenvalue weighted by atomic mass is 9.99. The van der Waals surface area contributed by atoms with E-state index in [4.69, 9.17) is 10.5 Å². The first-order valence-electron chi connectivity index (χ1n) is 7.15. The van der Waals surface area contributed by atoms with Crippen LogP contribution in [0, 0.1) is 12.8 Å². The number of aryl methyl sites for hydroxylation is 1. The van der Waals surface area contributed by atoms with Gasteiger partial charge in [0, 0.05) is 6.54 Å². The van der Waals surface area contributed by atoms with Gasteiger partial charge in [0.15, 0.2) is 0 Å². The molecule has 0 amide bonds. The molecule has 0 spiro atoms. The molecule has 0 heterocycles. The molecule has 0 radical (unpaired) electrons. The molecule has 0 aliphatic heterocycles. The summed E-state index contributed by atoms with van der Waals surface area (Å²) in [6, 6.07) is 17.8. The SMILES string of the molecule is Cc1ccc(CC(CN)C(=O)OCc2ccccc2)cc1. The van der Waals surface area contributed by atoms with Crippen molar-refractivity contribution in [1.82, 2.24) is 0 Å². The van der Waals surface area contributed by atoms with Crippen LogP contribution in [0.4, 0.5) is 0 Å². The highest BCUT2D eigenvalue weighted by Gasteiger charge is 2.19. The van der Waals surface area contributed by atoms with E-state index in [1.165, 1.54) is 5.56 Å². The predicted molar refractivity (Wildman–Crippen MR) is 83.7 cm³/mol. The fraction of sp³-hybridized carbons (Fsp3) is 0.278. The first-order chi connectivity index (χ1) is 10.2. The molecule has 1 atom stereocenters. The summed E-state index contributed by atoms with van der Waals surface area (Å²) in [5, 5.41) is 0. The van der Waals surface area contributed by atoms with Crippen molar-refractivity contribution < 1.29 is 9.53 Å². The number of esters is 1. The average molecular weight is 283 g/mol. The van der Waals surface area contributed by atoms with Crippen LogP contribution in [0.15, 0.2) is 54.6 Å². The van der Waals surface area contributed by atoms with Gasteiger partial charge in [0.2, 0.25) is 0 Å². The summed E-state index contributed by atoms with van der Waals surface area (Å²) in [4.78, 5) is 12.1. The maximum Gasteiger partial charge on any atom is 0.310 e. The van der Waals surface area contributed by atoms with Gasteiger partial charge in [0.05, 0.1) is 5.92 Å². The van der Waals surface area contributed by atoms with E-state index in [-0.39, 0.29) is 11.9 Å². The van der Waals surface area contributed by atoms with E-state index >= 15 is 0 Å². The summed E-state index contributed by atoms with van der Waals surface area (Å²) in [6.45, 7) is 2.63. The molecule has 0 aromatic heterocycles. The lowest BCUT2D eigenvalue weighted by Gasteiger charge is -2.14. The monoisotopic (exact) mass is 283 g/mol. The average Bonchev–Trinajstić information content (AvgIpc) is 2.53. The van der Waals surface area contributed by atoms with Crippen LogP contribution in [-0.4, -0.2) is 12.5 Å². The van der Waals surface area contributed by atoms with Crippen molar-refractivity contribution in [3.63, 3.8) is 0 Å². The molecule has 2 aromatic carbocycles. The molecule has 2 N–H and O–H groups in total. The van der Waals surface area contributed by atoms with Crippen molar-refractivity contribution in [3.8, 4) is 0 Å². The maximum absolute atomic E-state index is 12.1. The van der Waals surface area contributed by atoms with Crippen molar-refractivity contribution in [2.75, 3.05) is 6.54 Å². The van der Waals surface area contributed by atoms with Gasteiger partial charge in [-0.1, -0.05) is 60.2 Å². The summed E-state index contributed by atoms with van der Waals surface area (Å²) in [5.74, 6) is -0.529. The summed E-state index contributed by atoms with van der Waals surface area (Å²) in [5.41, 5.74) is 9.01. The summed E-state index contributed by atoms with van der Waals surface area (Å²) >= 11 is 0. The van der Waals surface area contributed by atoms with E-state index in [1.54, 1.807) is 0 Å². The van der Waals surface area contributed by atoms with Crippen molar-refractivity contribution in [2.24, 2.45) is 11.7 Å². The van der Waals surface area contributed by atoms with Crippen LogP contribution in [-0.2, 0) is 22.6 Å². The van der Waals surface area contributed by atoms with E-state index in [0.29, 0.717) is 19.6 Å². The first-order valence-corrected chi connectivity index (χ1v) is 7.15. The lowest BCUT2D eigenvalue weighted by molar-refractivity contribution is -0.149. The van der Waals surface area contributed by atoms with Crippen LogP contribution < -0.4 is 5.73 Å². The molecule has 0 saturated carbocycles. The van der Waals surface area contributed by atoms with E-state index in [0.717, 1.165) is 11.1 Å². The molecule has 0 fully saturated rings. The highest BCUT2D eigenvalue weighted by Crippen LogP contribution is 2.12. The fourth-order valence-corrected chi connectivity index (χ4v) is 2.12. The largest absolute Gasteiger partial charge is 0.461 e. The van der Waals surface area contributed by atoms with Gasteiger partial charge in [-0.15, -0.1) is 0 Å². The van der Waals surface area contributed by atoms with Crippen molar-refractivity contribution in [1.29, 1.82) is 0 Å². The Morgan fingerprint density at radius 2 is 1.71 bits per heavy atom. The van der Waals surface area contributed by atoms with E-state index < -0.39 is 0 Å². The quantitative estimate of drug-likeness (QED) is 0.829. The van der Waals surface area contributed by atoms with Crippen LogP contribution in [0.1, 0.15) is 16.7 Å². The number of carbonyl (C=O) groups excluding carboxylic acids is 1. The van der Waals surface area contributed by atoms with E-state index in [1.807, 2.05) is 61.5 Å². The second kappa shape index (κ2) is 7.60. The smallest absolute Gasteiger partial charge is 0.310 e. The second-order valence-corrected chi connectivity index (χ2v) is 5.22. The van der Waals surface area contributed by atoms with Crippen LogP contribution in [0.3, 0.4) is 0 Å². The van der Waals surface area contributed by atoms with E-state index in [9.17, 15) is 4.79 Å². The zero-order valence-corrected chi connectivity index (χ0v) is 12.3. The topological polar surface area (TPSA) is 52.3 Å². The van der Waals surface area contributed by atoms with Gasteiger partial charge in [-0.05, 0) is 24.5 Å². The van der Waals surface area contributed by atoms with Gasteiger partial charge in [-0.3, -0.25) is 4.79 Å². The summed E-state index contributed by atoms with van der Waals surface area (Å²) in [7, 11) is 0. The minimum atomic E-state index is -0.295. The highest BCUT2D eigenvalue weighted by molar-refractivity contribution is 5.73. The minimum absolute atomic E-state index is 0.234. The molecule has 2 rings (SSSR count). The second-order valence-electron chi connectivity index (χ2n) is 5.22. The number of carbonyl (C=O) groups is 1. The third-order valence-electron chi connectivity index (χ3n) is 3.44. The summed E-state index contributed by atoms with van der Waals surface area (Å²) < 4.78 is 5.36. The maximum atomic E-state index is 12.1. The first kappa shape index (κ1) is 15.3. The van der Waals surface area contributed by atoms with Crippen LogP contribution in [0.25, 0.3) is 0 Å². The molecular formula is C18H21NO2. The predicted octanol–water partition coefficient (Wildman–Crippen LogP) is 2.86. The Kier molecular flexibility index (Phi) is 5.52. The summed E-state index contributed by atoms with van der Waals surface area (Å²) in [6.07, 6.45) is 0.615. The molecule has 0 aliphatic rings. The Morgan fingerprint density at radius 1 is 1.05 bits per heavy atom. The third kappa shape index (κ3) is 4.72. The molecule has 1 unspecified atom stereocenters. The molecule has 0 saturated heterocycles. The van der Waals surface area contributed by atoms with Crippen LogP contribution in [0.2, 0.25) is 0 Å². The normalized spacial score (nSPS) is 11.9. The van der Waals surface area contributed by atoms with Crippen molar-refractivity contribution in [2.45, 2.75) is 20.0 Å². The van der Waals surface area contributed by atoms with Crippen molar-refractivity contribution in [3.05, 3.63) is 71.3 Å². The number of nitrogens with two attached hydrogens (primary N) is 1. The Labute approximate surface area is 125 Å². The lowest BCUT2D eigenvalue weighted by Crippen LogP contribution is -2.27. The number of ether oxygens (including phenoxy) is 1. The van der Waals surface area contributed by atoms with Gasteiger partial charge >= 0.3 is 5.97 Å². The molecule has 0 aliphatic carbocycles. The Bertz CT molecular complexity index is 564. The Morgan fingerprint density at radius 3 is 2.33 bits per heavy atom. The Balaban J connectivity index is 1.90. The van der Waals surface area contributed by atoms with Gasteiger partial charge in [0.25, 0.3) is 0 Å². The van der Waals surface area contributed by atoms with E-state index in [2.05, 4.69) is 0 Å². The standard InChI is InChI=1S/C18H21NO2/c1-14-7-9-15(10-8-14)11-17(12-19)18(20)21-13-16-5-3-2-4-6-16/h2-10,17H,11-13,19H2,1H3. The van der Waals surface area contributed by atoms with Gasteiger partial charge in [0.1, 0.15) is 6.61 Å². The Hall–Kier alpha value is -2.13. The third-order valence-corrected chi connectivity index (χ3v) is 3.44. The molecule has 3 nitrogen and oxygen atoms in total. The van der Waals surface area contributed by atoms with Gasteiger partial charge in [-0.25, -0.2) is 0 Å². The zero-order chi connectivity index (χ0) is 15.1. The molecule has 21 heavy (non-hydrogen) atoms. The molecular weight excluding hydrogens is 262 g/mol. The zero-order valence-electron chi connectivity index (χ0n) is 12.3. The van der Waals surface area contributed by atoms with Gasteiger partial charge in [-0.2, -0.15) is 0 Å².